The Kier molecular flexibility index (Phi) is 4.16. The van der Waals surface area contributed by atoms with Crippen molar-refractivity contribution in [1.29, 1.82) is 0 Å². The van der Waals surface area contributed by atoms with Crippen LogP contribution in [0.2, 0.25) is 5.02 Å². The van der Waals surface area contributed by atoms with Crippen molar-refractivity contribution in [3.05, 3.63) is 34.6 Å². The Balaban J connectivity index is 2.15. The Morgan fingerprint density at radius 1 is 1.61 bits per heavy atom. The second-order valence-electron chi connectivity index (χ2n) is 4.10. The van der Waals surface area contributed by atoms with Crippen LogP contribution < -0.4 is 5.73 Å². The minimum atomic E-state index is -0.608. The van der Waals surface area contributed by atoms with E-state index in [9.17, 15) is 9.18 Å². The van der Waals surface area contributed by atoms with Gasteiger partial charge in [0.25, 0.3) is 5.91 Å². The molecule has 6 heteroatoms. The predicted molar refractivity (Wildman–Crippen MR) is 66.1 cm³/mol. The van der Waals surface area contributed by atoms with Crippen molar-refractivity contribution < 1.29 is 13.9 Å². The van der Waals surface area contributed by atoms with Gasteiger partial charge in [0, 0.05) is 24.7 Å². The molecule has 1 saturated heterocycles. The number of hydrogen-bond donors (Lipinski definition) is 1. The van der Waals surface area contributed by atoms with Crippen molar-refractivity contribution >= 4 is 17.5 Å². The smallest absolute Gasteiger partial charge is 0.256 e. The van der Waals surface area contributed by atoms with E-state index in [0.29, 0.717) is 26.2 Å². The van der Waals surface area contributed by atoms with E-state index < -0.39 is 5.82 Å². The van der Waals surface area contributed by atoms with Gasteiger partial charge >= 0.3 is 0 Å². The van der Waals surface area contributed by atoms with Crippen LogP contribution in [0.15, 0.2) is 18.2 Å². The second-order valence-corrected chi connectivity index (χ2v) is 4.54. The maximum absolute atomic E-state index is 13.6. The molecule has 0 aromatic heterocycles. The van der Waals surface area contributed by atoms with Gasteiger partial charge in [-0.05, 0) is 18.2 Å². The van der Waals surface area contributed by atoms with E-state index in [4.69, 9.17) is 22.1 Å². The first kappa shape index (κ1) is 13.3. The van der Waals surface area contributed by atoms with Gasteiger partial charge in [0.15, 0.2) is 0 Å². The minimum Gasteiger partial charge on any atom is -0.373 e. The molecule has 1 heterocycles. The van der Waals surface area contributed by atoms with Crippen molar-refractivity contribution in [2.45, 2.75) is 6.10 Å². The lowest BCUT2D eigenvalue weighted by Crippen LogP contribution is -2.48. The minimum absolute atomic E-state index is 0.0251. The molecule has 1 amide bonds. The molecular formula is C12H14ClFN2O2. The molecule has 1 aromatic carbocycles. The molecule has 1 atom stereocenters. The summed E-state index contributed by atoms with van der Waals surface area (Å²) in [5.41, 5.74) is 5.52. The Morgan fingerprint density at radius 2 is 2.39 bits per heavy atom. The second kappa shape index (κ2) is 5.65. The zero-order valence-corrected chi connectivity index (χ0v) is 10.5. The first-order valence-corrected chi connectivity index (χ1v) is 6.05. The normalized spacial score (nSPS) is 19.9. The molecule has 18 heavy (non-hydrogen) atoms. The molecule has 1 aromatic rings. The van der Waals surface area contributed by atoms with E-state index in [1.54, 1.807) is 4.90 Å². The molecule has 0 radical (unpaired) electrons. The quantitative estimate of drug-likeness (QED) is 0.882. The fraction of sp³-hybridized carbons (Fsp3) is 0.417. The average molecular weight is 273 g/mol. The Bertz CT molecular complexity index is 456. The van der Waals surface area contributed by atoms with Gasteiger partial charge in [-0.3, -0.25) is 4.79 Å². The number of nitrogens with zero attached hydrogens (tertiary/aromatic N) is 1. The first-order chi connectivity index (χ1) is 8.61. The van der Waals surface area contributed by atoms with E-state index in [-0.39, 0.29) is 22.6 Å². The van der Waals surface area contributed by atoms with Gasteiger partial charge in [0.1, 0.15) is 5.82 Å². The SMILES string of the molecule is NCC1CN(C(=O)c2ccc(Cl)cc2F)CCO1. The Hall–Kier alpha value is -1.17. The Labute approximate surface area is 109 Å². The molecule has 0 bridgehead atoms. The lowest BCUT2D eigenvalue weighted by Gasteiger charge is -2.32. The highest BCUT2D eigenvalue weighted by Crippen LogP contribution is 2.17. The third-order valence-electron chi connectivity index (χ3n) is 2.85. The van der Waals surface area contributed by atoms with E-state index in [1.165, 1.54) is 12.1 Å². The molecule has 2 rings (SSSR count). The van der Waals surface area contributed by atoms with Gasteiger partial charge in [-0.2, -0.15) is 0 Å². The molecule has 0 aliphatic carbocycles. The maximum Gasteiger partial charge on any atom is 0.256 e. The number of halogens is 2. The summed E-state index contributed by atoms with van der Waals surface area (Å²) in [5, 5.41) is 0.269. The molecule has 1 unspecified atom stereocenters. The summed E-state index contributed by atoms with van der Waals surface area (Å²) < 4.78 is 19.0. The predicted octanol–water partition coefficient (Wildman–Crippen LogP) is 1.28. The molecule has 2 N–H and O–H groups in total. The fourth-order valence-corrected chi connectivity index (χ4v) is 2.04. The van der Waals surface area contributed by atoms with Gasteiger partial charge in [-0.15, -0.1) is 0 Å². The van der Waals surface area contributed by atoms with Crippen LogP contribution in [0.1, 0.15) is 10.4 Å². The van der Waals surface area contributed by atoms with Crippen LogP contribution in [0.5, 0.6) is 0 Å². The van der Waals surface area contributed by atoms with Crippen LogP contribution in [0, 0.1) is 5.82 Å². The molecule has 4 nitrogen and oxygen atoms in total. The van der Waals surface area contributed by atoms with Gasteiger partial charge in [-0.25, -0.2) is 4.39 Å². The number of nitrogens with two attached hydrogens (primary N) is 1. The maximum atomic E-state index is 13.6. The van der Waals surface area contributed by atoms with Gasteiger partial charge < -0.3 is 15.4 Å². The lowest BCUT2D eigenvalue weighted by molar-refractivity contribution is -0.0169. The van der Waals surface area contributed by atoms with Gasteiger partial charge in [0.05, 0.1) is 18.3 Å². The van der Waals surface area contributed by atoms with E-state index >= 15 is 0 Å². The molecule has 0 saturated carbocycles. The molecule has 1 aliphatic heterocycles. The summed E-state index contributed by atoms with van der Waals surface area (Å²) >= 11 is 5.65. The molecular weight excluding hydrogens is 259 g/mol. The number of ether oxygens (including phenoxy) is 1. The van der Waals surface area contributed by atoms with Crippen LogP contribution >= 0.6 is 11.6 Å². The topological polar surface area (TPSA) is 55.6 Å². The van der Waals surface area contributed by atoms with Gasteiger partial charge in [0.2, 0.25) is 0 Å². The zero-order chi connectivity index (χ0) is 13.1. The highest BCUT2D eigenvalue weighted by Gasteiger charge is 2.25. The molecule has 98 valence electrons. The van der Waals surface area contributed by atoms with Crippen molar-refractivity contribution in [2.24, 2.45) is 5.73 Å². The summed E-state index contributed by atoms with van der Waals surface area (Å²) in [6.45, 7) is 1.59. The number of morpholine rings is 1. The number of carbonyl (C=O) groups excluding carboxylic acids is 1. The van der Waals surface area contributed by atoms with Crippen LogP contribution in [0.3, 0.4) is 0 Å². The lowest BCUT2D eigenvalue weighted by atomic mass is 10.1. The van der Waals surface area contributed by atoms with E-state index in [0.717, 1.165) is 6.07 Å². The highest BCUT2D eigenvalue weighted by molar-refractivity contribution is 6.30. The number of carbonyl (C=O) groups is 1. The van der Waals surface area contributed by atoms with Crippen molar-refractivity contribution in [3.63, 3.8) is 0 Å². The van der Waals surface area contributed by atoms with E-state index in [1.807, 2.05) is 0 Å². The number of amides is 1. The summed E-state index contributed by atoms with van der Waals surface area (Å²) in [6, 6.07) is 4.03. The molecule has 0 spiro atoms. The number of hydrogen-bond acceptors (Lipinski definition) is 3. The average Bonchev–Trinajstić information content (AvgIpc) is 2.38. The van der Waals surface area contributed by atoms with Crippen LogP contribution in [0.4, 0.5) is 4.39 Å². The standard InChI is InChI=1S/C12H14ClFN2O2/c13-8-1-2-10(11(14)5-8)12(17)16-3-4-18-9(6-15)7-16/h1-2,5,9H,3-4,6-7,15H2. The monoisotopic (exact) mass is 272 g/mol. The van der Waals surface area contributed by atoms with Crippen LogP contribution in [0.25, 0.3) is 0 Å². The Morgan fingerprint density at radius 3 is 3.06 bits per heavy atom. The zero-order valence-electron chi connectivity index (χ0n) is 9.73. The summed E-state index contributed by atoms with van der Waals surface area (Å²) in [6.07, 6.45) is -0.182. The van der Waals surface area contributed by atoms with Crippen molar-refractivity contribution in [2.75, 3.05) is 26.2 Å². The summed E-state index contributed by atoms with van der Waals surface area (Å²) in [5.74, 6) is -0.964. The van der Waals surface area contributed by atoms with Crippen molar-refractivity contribution in [3.8, 4) is 0 Å². The number of rotatable bonds is 2. The van der Waals surface area contributed by atoms with Gasteiger partial charge in [-0.1, -0.05) is 11.6 Å². The largest absolute Gasteiger partial charge is 0.373 e. The van der Waals surface area contributed by atoms with E-state index in [2.05, 4.69) is 0 Å². The first-order valence-electron chi connectivity index (χ1n) is 5.68. The summed E-state index contributed by atoms with van der Waals surface area (Å²) in [4.78, 5) is 13.7. The number of benzene rings is 1. The van der Waals surface area contributed by atoms with Crippen LogP contribution in [-0.2, 0) is 4.74 Å². The fourth-order valence-electron chi connectivity index (χ4n) is 1.88. The highest BCUT2D eigenvalue weighted by atomic mass is 35.5. The molecule has 1 aliphatic rings. The molecule has 1 fully saturated rings. The third-order valence-corrected chi connectivity index (χ3v) is 3.09. The van der Waals surface area contributed by atoms with Crippen molar-refractivity contribution in [1.82, 2.24) is 4.90 Å². The van der Waals surface area contributed by atoms with Crippen LogP contribution in [-0.4, -0.2) is 43.2 Å². The third kappa shape index (κ3) is 2.80. The summed E-state index contributed by atoms with van der Waals surface area (Å²) in [7, 11) is 0.